The van der Waals surface area contributed by atoms with Gasteiger partial charge in [0, 0.05) is 25.4 Å². The van der Waals surface area contributed by atoms with E-state index in [0.717, 1.165) is 40.1 Å². The molecule has 0 unspecified atom stereocenters. The van der Waals surface area contributed by atoms with Gasteiger partial charge in [-0.1, -0.05) is 19.9 Å². The van der Waals surface area contributed by atoms with Crippen molar-refractivity contribution in [2.45, 2.75) is 39.3 Å². The van der Waals surface area contributed by atoms with Crippen LogP contribution in [0.25, 0.3) is 0 Å². The number of aliphatic imine (C=N–C) groups is 1. The second-order valence-electron chi connectivity index (χ2n) is 6.43. The Kier molecular flexibility index (Phi) is 6.33. The molecule has 1 aromatic heterocycles. The maximum Gasteiger partial charge on any atom is 0.191 e. The number of guanidine groups is 1. The zero-order valence-electron chi connectivity index (χ0n) is 15.5. The van der Waals surface area contributed by atoms with Gasteiger partial charge in [-0.3, -0.25) is 4.99 Å². The first kappa shape index (κ1) is 18.5. The summed E-state index contributed by atoms with van der Waals surface area (Å²) in [6.45, 7) is 7.03. The van der Waals surface area contributed by atoms with Crippen LogP contribution in [0, 0.1) is 0 Å². The molecular weight excluding hydrogens is 348 g/mol. The van der Waals surface area contributed by atoms with Gasteiger partial charge in [-0.25, -0.2) is 4.98 Å². The summed E-state index contributed by atoms with van der Waals surface area (Å²) in [5, 5.41) is 9.82. The molecular formula is C19H26N4O2S. The van der Waals surface area contributed by atoms with Crippen LogP contribution in [0.15, 0.2) is 28.6 Å². The molecule has 7 heteroatoms. The number of ether oxygens (including phenoxy) is 2. The Morgan fingerprint density at radius 2 is 1.96 bits per heavy atom. The molecule has 0 saturated carbocycles. The van der Waals surface area contributed by atoms with Crippen molar-refractivity contribution in [2.24, 2.45) is 4.99 Å². The molecule has 0 bridgehead atoms. The number of hydrogen-bond acceptors (Lipinski definition) is 5. The summed E-state index contributed by atoms with van der Waals surface area (Å²) in [5.41, 5.74) is 2.26. The summed E-state index contributed by atoms with van der Waals surface area (Å²) in [7, 11) is 1.77. The van der Waals surface area contributed by atoms with Gasteiger partial charge >= 0.3 is 0 Å². The van der Waals surface area contributed by atoms with Crippen molar-refractivity contribution in [2.75, 3.05) is 20.3 Å². The van der Waals surface area contributed by atoms with Gasteiger partial charge in [0.1, 0.15) is 5.01 Å². The Bertz CT molecular complexity index is 758. The summed E-state index contributed by atoms with van der Waals surface area (Å²) >= 11 is 1.68. The predicted octanol–water partition coefficient (Wildman–Crippen LogP) is 3.29. The Labute approximate surface area is 158 Å². The fourth-order valence-electron chi connectivity index (χ4n) is 2.55. The SMILES string of the molecule is CN=C(NCc1ccc2c(c1)OCCCO2)NCc1nc(C(C)C)cs1. The standard InChI is InChI=1S/C19H26N4O2S/c1-13(2)15-12-26-18(23-15)11-22-19(20-3)21-10-14-5-6-16-17(9-14)25-8-4-7-24-16/h5-6,9,12-13H,4,7-8,10-11H2,1-3H3,(H2,20,21,22). The van der Waals surface area contributed by atoms with Crippen LogP contribution in [0.3, 0.4) is 0 Å². The fourth-order valence-corrected chi connectivity index (χ4v) is 3.45. The first-order chi connectivity index (χ1) is 12.7. The van der Waals surface area contributed by atoms with Crippen LogP contribution in [0.1, 0.15) is 42.5 Å². The second kappa shape index (κ2) is 8.89. The number of nitrogens with one attached hydrogen (secondary N) is 2. The van der Waals surface area contributed by atoms with Crippen molar-refractivity contribution in [1.29, 1.82) is 0 Å². The molecule has 140 valence electrons. The summed E-state index contributed by atoms with van der Waals surface area (Å²) in [6.07, 6.45) is 0.911. The fraction of sp³-hybridized carbons (Fsp3) is 0.474. The van der Waals surface area contributed by atoms with Crippen molar-refractivity contribution < 1.29 is 9.47 Å². The highest BCUT2D eigenvalue weighted by molar-refractivity contribution is 7.09. The maximum atomic E-state index is 5.74. The van der Waals surface area contributed by atoms with Gasteiger partial charge < -0.3 is 20.1 Å². The van der Waals surface area contributed by atoms with Crippen molar-refractivity contribution >= 4 is 17.3 Å². The topological polar surface area (TPSA) is 67.8 Å². The van der Waals surface area contributed by atoms with E-state index in [1.807, 2.05) is 18.2 Å². The summed E-state index contributed by atoms with van der Waals surface area (Å²) in [4.78, 5) is 8.91. The van der Waals surface area contributed by atoms with E-state index >= 15 is 0 Å². The predicted molar refractivity (Wildman–Crippen MR) is 105 cm³/mol. The maximum absolute atomic E-state index is 5.74. The lowest BCUT2D eigenvalue weighted by Crippen LogP contribution is -2.36. The Hall–Kier alpha value is -2.28. The van der Waals surface area contributed by atoms with Crippen LogP contribution in [0.5, 0.6) is 11.5 Å². The number of aromatic nitrogens is 1. The first-order valence-electron chi connectivity index (χ1n) is 8.93. The van der Waals surface area contributed by atoms with E-state index in [1.54, 1.807) is 18.4 Å². The third kappa shape index (κ3) is 4.88. The molecule has 0 aliphatic carbocycles. The third-order valence-corrected chi connectivity index (χ3v) is 4.93. The van der Waals surface area contributed by atoms with Crippen molar-refractivity contribution in [3.8, 4) is 11.5 Å². The molecule has 1 aliphatic rings. The molecule has 6 nitrogen and oxygen atoms in total. The number of hydrogen-bond donors (Lipinski definition) is 2. The third-order valence-electron chi connectivity index (χ3n) is 4.06. The van der Waals surface area contributed by atoms with Crippen LogP contribution >= 0.6 is 11.3 Å². The molecule has 2 aromatic rings. The van der Waals surface area contributed by atoms with Gasteiger partial charge in [0.05, 0.1) is 25.5 Å². The van der Waals surface area contributed by atoms with Crippen LogP contribution in [-0.4, -0.2) is 31.2 Å². The first-order valence-corrected chi connectivity index (χ1v) is 9.81. The lowest BCUT2D eigenvalue weighted by Gasteiger charge is -2.13. The lowest BCUT2D eigenvalue weighted by atomic mass is 10.2. The van der Waals surface area contributed by atoms with E-state index in [0.29, 0.717) is 32.2 Å². The van der Waals surface area contributed by atoms with Crippen molar-refractivity contribution in [1.82, 2.24) is 15.6 Å². The quantitative estimate of drug-likeness (QED) is 0.621. The van der Waals surface area contributed by atoms with Gasteiger partial charge in [0.25, 0.3) is 0 Å². The van der Waals surface area contributed by atoms with E-state index in [9.17, 15) is 0 Å². The smallest absolute Gasteiger partial charge is 0.191 e. The van der Waals surface area contributed by atoms with Gasteiger partial charge in [0.2, 0.25) is 0 Å². The highest BCUT2D eigenvalue weighted by Gasteiger charge is 2.11. The van der Waals surface area contributed by atoms with Gasteiger partial charge in [-0.15, -0.1) is 11.3 Å². The van der Waals surface area contributed by atoms with Crippen molar-refractivity contribution in [3.05, 3.63) is 39.8 Å². The monoisotopic (exact) mass is 374 g/mol. The minimum atomic E-state index is 0.455. The normalized spacial score (nSPS) is 14.2. The molecule has 26 heavy (non-hydrogen) atoms. The van der Waals surface area contributed by atoms with E-state index < -0.39 is 0 Å². The zero-order valence-corrected chi connectivity index (χ0v) is 16.4. The Morgan fingerprint density at radius 3 is 2.69 bits per heavy atom. The number of fused-ring (bicyclic) bond motifs is 1. The summed E-state index contributed by atoms with van der Waals surface area (Å²) in [5.74, 6) is 2.84. The minimum Gasteiger partial charge on any atom is -0.490 e. The molecule has 1 aliphatic heterocycles. The number of thiazole rings is 1. The highest BCUT2D eigenvalue weighted by atomic mass is 32.1. The second-order valence-corrected chi connectivity index (χ2v) is 7.37. The zero-order chi connectivity index (χ0) is 18.4. The molecule has 0 radical (unpaired) electrons. The van der Waals surface area contributed by atoms with Crippen molar-refractivity contribution in [3.63, 3.8) is 0 Å². The molecule has 0 fully saturated rings. The highest BCUT2D eigenvalue weighted by Crippen LogP contribution is 2.30. The minimum absolute atomic E-state index is 0.455. The van der Waals surface area contributed by atoms with Gasteiger partial charge in [-0.05, 0) is 23.6 Å². The molecule has 1 aromatic carbocycles. The largest absolute Gasteiger partial charge is 0.490 e. The van der Waals surface area contributed by atoms with Gasteiger partial charge in [-0.2, -0.15) is 0 Å². The molecule has 2 heterocycles. The average molecular weight is 375 g/mol. The molecule has 2 N–H and O–H groups in total. The summed E-state index contributed by atoms with van der Waals surface area (Å²) in [6, 6.07) is 6.04. The summed E-state index contributed by atoms with van der Waals surface area (Å²) < 4.78 is 11.4. The molecule has 0 saturated heterocycles. The lowest BCUT2D eigenvalue weighted by molar-refractivity contribution is 0.297. The van der Waals surface area contributed by atoms with E-state index in [-0.39, 0.29) is 0 Å². The van der Waals surface area contributed by atoms with Crippen LogP contribution in [0.4, 0.5) is 0 Å². The molecule has 3 rings (SSSR count). The van der Waals surface area contributed by atoms with Gasteiger partial charge in [0.15, 0.2) is 17.5 Å². The van der Waals surface area contributed by atoms with E-state index in [1.165, 1.54) is 0 Å². The van der Waals surface area contributed by atoms with E-state index in [2.05, 4.69) is 39.8 Å². The van der Waals surface area contributed by atoms with E-state index in [4.69, 9.17) is 9.47 Å². The molecule has 0 atom stereocenters. The molecule has 0 spiro atoms. The number of benzene rings is 1. The van der Waals surface area contributed by atoms with Crippen LogP contribution in [-0.2, 0) is 13.1 Å². The van der Waals surface area contributed by atoms with Crippen LogP contribution < -0.4 is 20.1 Å². The number of rotatable bonds is 5. The Balaban J connectivity index is 1.53. The molecule has 0 amide bonds. The Morgan fingerprint density at radius 1 is 1.19 bits per heavy atom. The number of nitrogens with zero attached hydrogens (tertiary/aromatic N) is 2. The average Bonchev–Trinajstić information content (AvgIpc) is 3.00. The van der Waals surface area contributed by atoms with Crippen LogP contribution in [0.2, 0.25) is 0 Å².